The average Bonchev–Trinajstić information content (AvgIpc) is 2.54. The number of carbonyl (C=O) groups is 1. The Labute approximate surface area is 131 Å². The van der Waals surface area contributed by atoms with Crippen molar-refractivity contribution in [3.05, 3.63) is 29.3 Å². The van der Waals surface area contributed by atoms with E-state index in [0.29, 0.717) is 13.1 Å². The highest BCUT2D eigenvalue weighted by Gasteiger charge is 2.34. The van der Waals surface area contributed by atoms with Crippen LogP contribution < -0.4 is 5.32 Å². The highest BCUT2D eigenvalue weighted by atomic mass is 19.4. The summed E-state index contributed by atoms with van der Waals surface area (Å²) >= 11 is 0. The maximum atomic E-state index is 12.9. The first-order valence-corrected chi connectivity index (χ1v) is 7.13. The van der Waals surface area contributed by atoms with Gasteiger partial charge in [0, 0.05) is 25.4 Å². The van der Waals surface area contributed by atoms with E-state index in [4.69, 9.17) is 10.4 Å². The number of halogens is 3. The van der Waals surface area contributed by atoms with Crippen molar-refractivity contribution >= 4 is 11.7 Å². The molecule has 0 unspecified atom stereocenters. The van der Waals surface area contributed by atoms with Crippen LogP contribution in [0.4, 0.5) is 23.7 Å². The first-order valence-electron chi connectivity index (χ1n) is 7.13. The van der Waals surface area contributed by atoms with E-state index in [1.807, 2.05) is 0 Å². The zero-order valence-electron chi connectivity index (χ0n) is 12.2. The zero-order valence-corrected chi connectivity index (χ0v) is 12.2. The monoisotopic (exact) mass is 327 g/mol. The van der Waals surface area contributed by atoms with E-state index in [1.54, 1.807) is 0 Å². The third kappa shape index (κ3) is 4.13. The number of likely N-dealkylation sites (tertiary alicyclic amines) is 1. The van der Waals surface area contributed by atoms with Gasteiger partial charge in [0.05, 0.1) is 17.2 Å². The zero-order chi connectivity index (χ0) is 17.0. The fourth-order valence-electron chi connectivity index (χ4n) is 2.56. The molecule has 124 valence electrons. The first-order chi connectivity index (χ1) is 10.8. The second-order valence-electron chi connectivity index (χ2n) is 5.44. The number of piperidine rings is 1. The lowest BCUT2D eigenvalue weighted by atomic mass is 9.99. The van der Waals surface area contributed by atoms with E-state index in [-0.39, 0.29) is 18.2 Å². The normalized spacial score (nSPS) is 18.4. The van der Waals surface area contributed by atoms with Crippen molar-refractivity contribution in [1.82, 2.24) is 4.90 Å². The van der Waals surface area contributed by atoms with Gasteiger partial charge in [0.25, 0.3) is 0 Å². The molecule has 1 atom stereocenters. The fraction of sp³-hybridized carbons (Fsp3) is 0.467. The van der Waals surface area contributed by atoms with E-state index in [1.165, 1.54) is 17.0 Å². The molecule has 0 bridgehead atoms. The summed E-state index contributed by atoms with van der Waals surface area (Å²) in [5.41, 5.74) is -1.59. The van der Waals surface area contributed by atoms with E-state index >= 15 is 0 Å². The largest absolute Gasteiger partial charge is 0.417 e. The highest BCUT2D eigenvalue weighted by Crippen LogP contribution is 2.33. The number of urea groups is 1. The molecule has 2 amide bonds. The molecule has 1 aromatic carbocycles. The Morgan fingerprint density at radius 3 is 2.83 bits per heavy atom. The minimum absolute atomic E-state index is 0.0128. The van der Waals surface area contributed by atoms with Crippen LogP contribution >= 0.6 is 0 Å². The van der Waals surface area contributed by atoms with Gasteiger partial charge in [0.2, 0.25) is 0 Å². The molecule has 0 aromatic heterocycles. The number of anilines is 1. The van der Waals surface area contributed by atoms with Crippen molar-refractivity contribution < 1.29 is 23.1 Å². The lowest BCUT2D eigenvalue weighted by Gasteiger charge is -2.31. The molecule has 2 rings (SSSR count). The minimum atomic E-state index is -4.67. The van der Waals surface area contributed by atoms with Gasteiger partial charge in [-0.25, -0.2) is 4.79 Å². The number of amides is 2. The number of nitriles is 1. The van der Waals surface area contributed by atoms with Crippen molar-refractivity contribution in [2.45, 2.75) is 19.0 Å². The molecule has 8 heteroatoms. The quantitative estimate of drug-likeness (QED) is 0.877. The molecule has 23 heavy (non-hydrogen) atoms. The number of nitrogens with one attached hydrogen (secondary N) is 1. The van der Waals surface area contributed by atoms with Crippen LogP contribution in [0.3, 0.4) is 0 Å². The molecular formula is C15H16F3N3O2. The smallest absolute Gasteiger partial charge is 0.396 e. The van der Waals surface area contributed by atoms with Crippen LogP contribution in [0.25, 0.3) is 0 Å². The summed E-state index contributed by atoms with van der Waals surface area (Å²) in [6, 6.07) is 4.03. The molecule has 0 saturated carbocycles. The second-order valence-corrected chi connectivity index (χ2v) is 5.44. The molecule has 5 nitrogen and oxygen atoms in total. The van der Waals surface area contributed by atoms with Crippen LogP contribution in [0.5, 0.6) is 0 Å². The number of hydrogen-bond acceptors (Lipinski definition) is 3. The van der Waals surface area contributed by atoms with Gasteiger partial charge in [0.1, 0.15) is 0 Å². The minimum Gasteiger partial charge on any atom is -0.396 e. The molecule has 1 heterocycles. The molecule has 2 N–H and O–H groups in total. The molecule has 0 aliphatic carbocycles. The standard InChI is InChI=1S/C15H16F3N3O2/c16-15(17,18)13-6-12(4-3-11(13)7-19)20-14(23)21-5-1-2-10(8-21)9-22/h3-4,6,10,22H,1-2,5,8-9H2,(H,20,23)/t10-/m1/s1. The third-order valence-corrected chi connectivity index (χ3v) is 3.76. The van der Waals surface area contributed by atoms with E-state index < -0.39 is 23.3 Å². The fourth-order valence-corrected chi connectivity index (χ4v) is 2.56. The summed E-state index contributed by atoms with van der Waals surface area (Å²) in [6.07, 6.45) is -3.12. The lowest BCUT2D eigenvalue weighted by molar-refractivity contribution is -0.137. The van der Waals surface area contributed by atoms with Gasteiger partial charge in [-0.15, -0.1) is 0 Å². The number of benzene rings is 1. The first kappa shape index (κ1) is 17.1. The van der Waals surface area contributed by atoms with E-state index in [2.05, 4.69) is 5.32 Å². The van der Waals surface area contributed by atoms with E-state index in [0.717, 1.165) is 25.0 Å². The van der Waals surface area contributed by atoms with Crippen molar-refractivity contribution in [1.29, 1.82) is 5.26 Å². The molecule has 1 aromatic rings. The topological polar surface area (TPSA) is 76.4 Å². The third-order valence-electron chi connectivity index (χ3n) is 3.76. The van der Waals surface area contributed by atoms with Crippen molar-refractivity contribution in [2.75, 3.05) is 25.0 Å². The van der Waals surface area contributed by atoms with Gasteiger partial charge in [-0.3, -0.25) is 0 Å². The molecule has 1 saturated heterocycles. The van der Waals surface area contributed by atoms with Crippen LogP contribution in [0.15, 0.2) is 18.2 Å². The Morgan fingerprint density at radius 2 is 2.22 bits per heavy atom. The van der Waals surface area contributed by atoms with E-state index in [9.17, 15) is 18.0 Å². The number of nitrogens with zero attached hydrogens (tertiary/aromatic N) is 2. The predicted octanol–water partition coefficient (Wildman–Crippen LogP) is 2.81. The lowest BCUT2D eigenvalue weighted by Crippen LogP contribution is -2.43. The van der Waals surface area contributed by atoms with Crippen molar-refractivity contribution in [2.24, 2.45) is 5.92 Å². The Morgan fingerprint density at radius 1 is 1.48 bits per heavy atom. The van der Waals surface area contributed by atoms with Crippen LogP contribution in [-0.2, 0) is 6.18 Å². The molecule has 0 radical (unpaired) electrons. The van der Waals surface area contributed by atoms with Gasteiger partial charge < -0.3 is 15.3 Å². The molecule has 1 aliphatic heterocycles. The van der Waals surface area contributed by atoms with Crippen molar-refractivity contribution in [3.63, 3.8) is 0 Å². The maximum Gasteiger partial charge on any atom is 0.417 e. The Kier molecular flexibility index (Phi) is 5.11. The summed E-state index contributed by atoms with van der Waals surface area (Å²) in [5.74, 6) is -0.0128. The summed E-state index contributed by atoms with van der Waals surface area (Å²) in [5, 5.41) is 20.3. The predicted molar refractivity (Wildman–Crippen MR) is 76.6 cm³/mol. The van der Waals surface area contributed by atoms with Gasteiger partial charge in [-0.2, -0.15) is 18.4 Å². The summed E-state index contributed by atoms with van der Waals surface area (Å²) in [6.45, 7) is 0.828. The maximum absolute atomic E-state index is 12.9. The van der Waals surface area contributed by atoms with Crippen molar-refractivity contribution in [3.8, 4) is 6.07 Å². The summed E-state index contributed by atoms with van der Waals surface area (Å²) in [4.78, 5) is 13.6. The Bertz CT molecular complexity index is 625. The van der Waals surface area contributed by atoms with Gasteiger partial charge in [-0.1, -0.05) is 0 Å². The van der Waals surface area contributed by atoms with Gasteiger partial charge in [-0.05, 0) is 37.0 Å². The Hall–Kier alpha value is -2.27. The number of hydrogen-bond donors (Lipinski definition) is 2. The highest BCUT2D eigenvalue weighted by molar-refractivity contribution is 5.89. The summed E-state index contributed by atoms with van der Waals surface area (Å²) in [7, 11) is 0. The SMILES string of the molecule is N#Cc1ccc(NC(=O)N2CCC[C@@H](CO)C2)cc1C(F)(F)F. The number of aliphatic hydroxyl groups is 1. The Balaban J connectivity index is 2.14. The molecular weight excluding hydrogens is 311 g/mol. The van der Waals surface area contributed by atoms with Gasteiger partial charge >= 0.3 is 12.2 Å². The molecule has 1 aliphatic rings. The number of rotatable bonds is 2. The second kappa shape index (κ2) is 6.87. The summed E-state index contributed by atoms with van der Waals surface area (Å²) < 4.78 is 38.7. The number of carbonyl (C=O) groups excluding carboxylic acids is 1. The van der Waals surface area contributed by atoms with Crippen LogP contribution in [0.1, 0.15) is 24.0 Å². The number of aliphatic hydroxyl groups excluding tert-OH is 1. The molecule has 1 fully saturated rings. The van der Waals surface area contributed by atoms with Crippen LogP contribution in [0, 0.1) is 17.2 Å². The van der Waals surface area contributed by atoms with Gasteiger partial charge in [0.15, 0.2) is 0 Å². The average molecular weight is 327 g/mol. The number of alkyl halides is 3. The molecule has 0 spiro atoms. The van der Waals surface area contributed by atoms with Crippen LogP contribution in [-0.4, -0.2) is 35.7 Å². The van der Waals surface area contributed by atoms with Crippen LogP contribution in [0.2, 0.25) is 0 Å².